The van der Waals surface area contributed by atoms with E-state index in [1.807, 2.05) is 0 Å². The Bertz CT molecular complexity index is 1400. The van der Waals surface area contributed by atoms with Crippen molar-refractivity contribution in [2.75, 3.05) is 11.1 Å². The van der Waals surface area contributed by atoms with Crippen molar-refractivity contribution in [3.8, 4) is 0 Å². The van der Waals surface area contributed by atoms with Crippen LogP contribution in [0.2, 0.25) is 0 Å². The van der Waals surface area contributed by atoms with Gasteiger partial charge in [-0.3, -0.25) is 24.5 Å². The first-order valence-corrected chi connectivity index (χ1v) is 10.1. The van der Waals surface area contributed by atoms with E-state index in [0.717, 1.165) is 0 Å². The number of benzene rings is 3. The number of hydrogen-bond donors (Lipinski definition) is 2. The molecular formula is C24H17N3O7. The van der Waals surface area contributed by atoms with Crippen LogP contribution in [0.4, 0.5) is 17.1 Å². The predicted molar refractivity (Wildman–Crippen MR) is 121 cm³/mol. The van der Waals surface area contributed by atoms with E-state index >= 15 is 0 Å². The number of ether oxygens (including phenoxy) is 1. The molecule has 1 aliphatic rings. The van der Waals surface area contributed by atoms with Crippen LogP contribution in [0.5, 0.6) is 0 Å². The Morgan fingerprint density at radius 1 is 0.941 bits per heavy atom. The van der Waals surface area contributed by atoms with Gasteiger partial charge >= 0.3 is 5.97 Å². The molecule has 3 N–H and O–H groups in total. The van der Waals surface area contributed by atoms with Gasteiger partial charge in [-0.05, 0) is 25.1 Å². The van der Waals surface area contributed by atoms with Crippen LogP contribution in [-0.4, -0.2) is 34.5 Å². The molecule has 0 heterocycles. The number of hydrogen-bond acceptors (Lipinski definition) is 8. The molecule has 34 heavy (non-hydrogen) atoms. The van der Waals surface area contributed by atoms with Gasteiger partial charge in [0.1, 0.15) is 5.69 Å². The van der Waals surface area contributed by atoms with Crippen LogP contribution in [0.15, 0.2) is 60.7 Å². The van der Waals surface area contributed by atoms with Crippen molar-refractivity contribution in [3.05, 3.63) is 98.6 Å². The number of amides is 1. The number of nitro benzene ring substituents is 1. The van der Waals surface area contributed by atoms with Crippen molar-refractivity contribution in [3.63, 3.8) is 0 Å². The molecule has 0 saturated heterocycles. The van der Waals surface area contributed by atoms with Crippen LogP contribution in [0.25, 0.3) is 0 Å². The molecule has 3 aromatic rings. The molecular weight excluding hydrogens is 442 g/mol. The minimum absolute atomic E-state index is 0.0588. The molecule has 1 atom stereocenters. The fourth-order valence-electron chi connectivity index (χ4n) is 3.64. The first-order chi connectivity index (χ1) is 16.2. The average Bonchev–Trinajstić information content (AvgIpc) is 2.82. The molecule has 3 aromatic carbocycles. The van der Waals surface area contributed by atoms with Gasteiger partial charge in [-0.1, -0.05) is 36.4 Å². The van der Waals surface area contributed by atoms with Gasteiger partial charge in [0.2, 0.25) is 0 Å². The summed E-state index contributed by atoms with van der Waals surface area (Å²) in [4.78, 5) is 61.4. The molecule has 1 unspecified atom stereocenters. The predicted octanol–water partition coefficient (Wildman–Crippen LogP) is 3.14. The molecule has 10 heteroatoms. The van der Waals surface area contributed by atoms with E-state index < -0.39 is 34.5 Å². The highest BCUT2D eigenvalue weighted by Gasteiger charge is 2.33. The van der Waals surface area contributed by atoms with Crippen molar-refractivity contribution in [2.45, 2.75) is 13.0 Å². The molecule has 0 aromatic heterocycles. The molecule has 0 aliphatic heterocycles. The molecule has 0 bridgehead atoms. The summed E-state index contributed by atoms with van der Waals surface area (Å²) >= 11 is 0. The third kappa shape index (κ3) is 3.77. The normalized spacial score (nSPS) is 12.9. The number of nitrogens with one attached hydrogen (secondary N) is 1. The summed E-state index contributed by atoms with van der Waals surface area (Å²) in [6.07, 6.45) is -1.35. The fourth-order valence-corrected chi connectivity index (χ4v) is 3.64. The minimum Gasteiger partial charge on any atom is -0.449 e. The van der Waals surface area contributed by atoms with Gasteiger partial charge in [-0.25, -0.2) is 4.79 Å². The summed E-state index contributed by atoms with van der Waals surface area (Å²) in [5.74, 6) is -2.70. The summed E-state index contributed by atoms with van der Waals surface area (Å²) in [7, 11) is 0. The Balaban J connectivity index is 1.56. The number of nitrogen functional groups attached to an aromatic ring is 1. The van der Waals surface area contributed by atoms with Crippen LogP contribution in [0, 0.1) is 10.1 Å². The van der Waals surface area contributed by atoms with Crippen LogP contribution < -0.4 is 11.1 Å². The largest absolute Gasteiger partial charge is 0.449 e. The highest BCUT2D eigenvalue weighted by Crippen LogP contribution is 2.33. The number of esters is 1. The number of nitrogens with two attached hydrogens (primary N) is 1. The molecule has 170 valence electrons. The summed E-state index contributed by atoms with van der Waals surface area (Å²) in [5, 5.41) is 13.5. The molecule has 1 amide bonds. The molecule has 1 aliphatic carbocycles. The number of carbonyl (C=O) groups excluding carboxylic acids is 4. The van der Waals surface area contributed by atoms with Crippen molar-refractivity contribution in [1.82, 2.24) is 0 Å². The highest BCUT2D eigenvalue weighted by molar-refractivity contribution is 6.30. The van der Waals surface area contributed by atoms with Crippen molar-refractivity contribution < 1.29 is 28.8 Å². The van der Waals surface area contributed by atoms with Crippen molar-refractivity contribution in [1.29, 1.82) is 0 Å². The van der Waals surface area contributed by atoms with Crippen LogP contribution in [0.3, 0.4) is 0 Å². The second-order valence-electron chi connectivity index (χ2n) is 7.46. The summed E-state index contributed by atoms with van der Waals surface area (Å²) < 4.78 is 5.18. The lowest BCUT2D eigenvalue weighted by Crippen LogP contribution is -2.31. The zero-order chi connectivity index (χ0) is 24.6. The van der Waals surface area contributed by atoms with Gasteiger partial charge in [-0.15, -0.1) is 0 Å². The quantitative estimate of drug-likeness (QED) is 0.199. The van der Waals surface area contributed by atoms with Crippen molar-refractivity contribution in [2.24, 2.45) is 0 Å². The highest BCUT2D eigenvalue weighted by atomic mass is 16.6. The standard InChI is InChI=1S/C24H17N3O7/c1-12(23(30)26-17-8-4-5-9-18(17)27(32)33)34-24(31)16-11-10-15-19(20(16)25)22(29)14-7-3-2-6-13(14)21(15)28/h2-12H,25H2,1H3,(H,26,30). The lowest BCUT2D eigenvalue weighted by Gasteiger charge is -2.20. The van der Waals surface area contributed by atoms with Gasteiger partial charge in [-0.2, -0.15) is 0 Å². The van der Waals surface area contributed by atoms with Crippen LogP contribution in [-0.2, 0) is 9.53 Å². The van der Waals surface area contributed by atoms with Gasteiger partial charge in [0.15, 0.2) is 17.7 Å². The SMILES string of the molecule is CC(OC(=O)c1ccc2c(c1N)C(=O)c1ccccc1C2=O)C(=O)Nc1ccccc1[N+](=O)[O-]. The Hall–Kier alpha value is -4.86. The smallest absolute Gasteiger partial charge is 0.341 e. The second kappa shape index (κ2) is 8.58. The van der Waals surface area contributed by atoms with E-state index in [0.29, 0.717) is 0 Å². The van der Waals surface area contributed by atoms with Gasteiger partial charge in [0.05, 0.1) is 21.7 Å². The number of carbonyl (C=O) groups is 4. The Labute approximate surface area is 192 Å². The first kappa shape index (κ1) is 22.3. The molecule has 10 nitrogen and oxygen atoms in total. The maximum Gasteiger partial charge on any atom is 0.341 e. The number of fused-ring (bicyclic) bond motifs is 2. The second-order valence-corrected chi connectivity index (χ2v) is 7.46. The molecule has 4 rings (SSSR count). The lowest BCUT2D eigenvalue weighted by molar-refractivity contribution is -0.383. The van der Waals surface area contributed by atoms with Gasteiger partial charge in [0, 0.05) is 22.8 Å². The van der Waals surface area contributed by atoms with Crippen LogP contribution >= 0.6 is 0 Å². The maximum atomic E-state index is 13.0. The zero-order valence-electron chi connectivity index (χ0n) is 17.7. The number of rotatable bonds is 5. The van der Waals surface area contributed by atoms with Crippen molar-refractivity contribution >= 4 is 40.5 Å². The monoisotopic (exact) mass is 459 g/mol. The number of ketones is 2. The topological polar surface area (TPSA) is 159 Å². The average molecular weight is 459 g/mol. The minimum atomic E-state index is -1.35. The number of nitrogens with zero attached hydrogens (tertiary/aromatic N) is 1. The third-order valence-corrected chi connectivity index (χ3v) is 5.37. The lowest BCUT2D eigenvalue weighted by atomic mass is 9.82. The van der Waals surface area contributed by atoms with E-state index in [1.165, 1.54) is 55.5 Å². The molecule has 0 saturated carbocycles. The van der Waals surface area contributed by atoms with E-state index in [4.69, 9.17) is 10.5 Å². The van der Waals surface area contributed by atoms with Gasteiger partial charge in [0.25, 0.3) is 11.6 Å². The van der Waals surface area contributed by atoms with E-state index in [2.05, 4.69) is 5.32 Å². The Morgan fingerprint density at radius 2 is 1.56 bits per heavy atom. The molecule has 0 fully saturated rings. The maximum absolute atomic E-state index is 13.0. The third-order valence-electron chi connectivity index (χ3n) is 5.37. The number of nitro groups is 1. The molecule has 0 spiro atoms. The summed E-state index contributed by atoms with van der Waals surface area (Å²) in [6.45, 7) is 1.28. The zero-order valence-corrected chi connectivity index (χ0v) is 17.7. The van der Waals surface area contributed by atoms with Crippen LogP contribution in [0.1, 0.15) is 49.1 Å². The molecule has 0 radical (unpaired) electrons. The summed E-state index contributed by atoms with van der Waals surface area (Å²) in [6, 6.07) is 14.4. The van der Waals surface area contributed by atoms with E-state index in [9.17, 15) is 29.3 Å². The van der Waals surface area contributed by atoms with E-state index in [-0.39, 0.29) is 44.9 Å². The Kier molecular flexibility index (Phi) is 5.64. The number of para-hydroxylation sites is 2. The summed E-state index contributed by atoms with van der Waals surface area (Å²) in [5.41, 5.74) is 5.68. The number of anilines is 2. The first-order valence-electron chi connectivity index (χ1n) is 10.1. The fraction of sp³-hybridized carbons (Fsp3) is 0.0833. The van der Waals surface area contributed by atoms with E-state index in [1.54, 1.807) is 12.1 Å². The Morgan fingerprint density at radius 3 is 2.24 bits per heavy atom. The van der Waals surface area contributed by atoms with Gasteiger partial charge < -0.3 is 15.8 Å².